The van der Waals surface area contributed by atoms with Gasteiger partial charge in [0.05, 0.1) is 11.3 Å². The van der Waals surface area contributed by atoms with Crippen molar-refractivity contribution in [2.24, 2.45) is 0 Å². The van der Waals surface area contributed by atoms with Crippen LogP contribution in [0.4, 0.5) is 33.9 Å². The highest BCUT2D eigenvalue weighted by molar-refractivity contribution is 5.89. The molecule has 27 heavy (non-hydrogen) atoms. The zero-order valence-electron chi connectivity index (χ0n) is 14.3. The number of carbonyl (C=O) groups is 1. The molecule has 2 heterocycles. The van der Waals surface area contributed by atoms with E-state index in [0.29, 0.717) is 31.7 Å². The number of nitrogens with one attached hydrogen (secondary N) is 2. The quantitative estimate of drug-likeness (QED) is 0.788. The Hall–Kier alpha value is -2.84. The van der Waals surface area contributed by atoms with Gasteiger partial charge in [-0.05, 0) is 37.1 Å². The Bertz CT molecular complexity index is 787. The first-order valence-corrected chi connectivity index (χ1v) is 8.43. The number of amides is 2. The van der Waals surface area contributed by atoms with Crippen LogP contribution in [0, 0.1) is 5.82 Å². The maximum absolute atomic E-state index is 13.5. The Morgan fingerprint density at radius 2 is 1.81 bits per heavy atom. The van der Waals surface area contributed by atoms with Gasteiger partial charge >= 0.3 is 12.2 Å². The number of aromatic nitrogens is 1. The van der Waals surface area contributed by atoms with Crippen LogP contribution >= 0.6 is 0 Å². The van der Waals surface area contributed by atoms with Gasteiger partial charge in [0, 0.05) is 25.3 Å². The molecule has 1 fully saturated rings. The van der Waals surface area contributed by atoms with Crippen LogP contribution in [0.15, 0.2) is 42.6 Å². The molecule has 2 aromatic rings. The molecule has 0 unspecified atom stereocenters. The third-order valence-corrected chi connectivity index (χ3v) is 4.35. The number of halogens is 4. The predicted octanol–water partition coefficient (Wildman–Crippen LogP) is 4.03. The average Bonchev–Trinajstić information content (AvgIpc) is 2.64. The van der Waals surface area contributed by atoms with E-state index in [1.54, 1.807) is 6.07 Å². The second-order valence-electron chi connectivity index (χ2n) is 6.24. The molecule has 0 saturated carbocycles. The number of rotatable bonds is 3. The number of nitrogens with zero attached hydrogens (tertiary/aromatic N) is 2. The lowest BCUT2D eigenvalue weighted by Crippen LogP contribution is -2.46. The number of urea groups is 1. The van der Waals surface area contributed by atoms with E-state index in [0.717, 1.165) is 12.3 Å². The normalized spacial score (nSPS) is 15.5. The van der Waals surface area contributed by atoms with Crippen molar-refractivity contribution < 1.29 is 22.4 Å². The Kier molecular flexibility index (Phi) is 5.48. The molecule has 2 N–H and O–H groups in total. The van der Waals surface area contributed by atoms with Crippen LogP contribution in [-0.2, 0) is 6.18 Å². The maximum Gasteiger partial charge on any atom is 0.417 e. The summed E-state index contributed by atoms with van der Waals surface area (Å²) in [5.74, 6) is -0.0481. The summed E-state index contributed by atoms with van der Waals surface area (Å²) >= 11 is 0. The summed E-state index contributed by atoms with van der Waals surface area (Å²) in [7, 11) is 0. The fourth-order valence-electron chi connectivity index (χ4n) is 2.90. The first kappa shape index (κ1) is 18.9. The molecule has 1 saturated heterocycles. The summed E-state index contributed by atoms with van der Waals surface area (Å²) in [6, 6.07) is 7.63. The van der Waals surface area contributed by atoms with Gasteiger partial charge in [-0.15, -0.1) is 0 Å². The smallest absolute Gasteiger partial charge is 0.356 e. The van der Waals surface area contributed by atoms with Crippen LogP contribution in [-0.4, -0.2) is 30.1 Å². The summed E-state index contributed by atoms with van der Waals surface area (Å²) in [6.45, 7) is 1.09. The zero-order chi connectivity index (χ0) is 19.4. The maximum atomic E-state index is 13.5. The third kappa shape index (κ3) is 4.87. The van der Waals surface area contributed by atoms with Crippen molar-refractivity contribution in [3.8, 4) is 0 Å². The van der Waals surface area contributed by atoms with Crippen molar-refractivity contribution in [2.75, 3.05) is 23.3 Å². The van der Waals surface area contributed by atoms with Gasteiger partial charge in [0.15, 0.2) is 0 Å². The van der Waals surface area contributed by atoms with Gasteiger partial charge in [-0.3, -0.25) is 0 Å². The van der Waals surface area contributed by atoms with Gasteiger partial charge in [-0.2, -0.15) is 13.2 Å². The van der Waals surface area contributed by atoms with Crippen molar-refractivity contribution >= 4 is 17.5 Å². The predicted molar refractivity (Wildman–Crippen MR) is 93.0 cm³/mol. The minimum atomic E-state index is -4.41. The second-order valence-corrected chi connectivity index (χ2v) is 6.24. The van der Waals surface area contributed by atoms with Crippen molar-refractivity contribution in [2.45, 2.75) is 25.1 Å². The minimum absolute atomic E-state index is 0.0985. The van der Waals surface area contributed by atoms with Crippen molar-refractivity contribution in [1.29, 1.82) is 0 Å². The fraction of sp³-hybridized carbons (Fsp3) is 0.333. The fourth-order valence-corrected chi connectivity index (χ4v) is 2.90. The molecule has 144 valence electrons. The number of piperidine rings is 1. The highest BCUT2D eigenvalue weighted by atomic mass is 19.4. The highest BCUT2D eigenvalue weighted by Gasteiger charge is 2.31. The molecule has 0 bridgehead atoms. The molecule has 2 amide bonds. The lowest BCUT2D eigenvalue weighted by Gasteiger charge is -2.33. The van der Waals surface area contributed by atoms with Crippen LogP contribution in [0.25, 0.3) is 0 Å². The topological polar surface area (TPSA) is 57.3 Å². The van der Waals surface area contributed by atoms with Gasteiger partial charge in [-0.25, -0.2) is 14.2 Å². The average molecular weight is 382 g/mol. The van der Waals surface area contributed by atoms with E-state index in [9.17, 15) is 22.4 Å². The number of hydrogen-bond acceptors (Lipinski definition) is 3. The standard InChI is InChI=1S/C18H18F4N4O/c19-14-3-1-2-4-15(14)25-17(27)24-13-7-9-26(10-8-13)16-6-5-12(11-23-16)18(20,21)22/h1-6,11,13H,7-10H2,(H2,24,25,27). The number of para-hydroxylation sites is 1. The molecular weight excluding hydrogens is 364 g/mol. The highest BCUT2D eigenvalue weighted by Crippen LogP contribution is 2.29. The Balaban J connectivity index is 1.50. The van der Waals surface area contributed by atoms with Crippen LogP contribution in [0.1, 0.15) is 18.4 Å². The molecule has 1 aliphatic heterocycles. The van der Waals surface area contributed by atoms with Crippen LogP contribution in [0.5, 0.6) is 0 Å². The summed E-state index contributed by atoms with van der Waals surface area (Å²) in [5.41, 5.74) is -0.686. The monoisotopic (exact) mass is 382 g/mol. The van der Waals surface area contributed by atoms with E-state index in [4.69, 9.17) is 0 Å². The summed E-state index contributed by atoms with van der Waals surface area (Å²) in [5, 5.41) is 5.25. The molecule has 3 rings (SSSR count). The Morgan fingerprint density at radius 1 is 1.11 bits per heavy atom. The van der Waals surface area contributed by atoms with Crippen LogP contribution in [0.2, 0.25) is 0 Å². The summed E-state index contributed by atoms with van der Waals surface area (Å²) < 4.78 is 51.3. The number of carbonyl (C=O) groups excluding carboxylic acids is 1. The largest absolute Gasteiger partial charge is 0.417 e. The summed E-state index contributed by atoms with van der Waals surface area (Å²) in [4.78, 5) is 17.7. The molecule has 5 nitrogen and oxygen atoms in total. The minimum Gasteiger partial charge on any atom is -0.356 e. The number of pyridine rings is 1. The van der Waals surface area contributed by atoms with E-state index in [1.807, 2.05) is 4.90 Å². The lowest BCUT2D eigenvalue weighted by molar-refractivity contribution is -0.137. The Labute approximate surface area is 153 Å². The van der Waals surface area contributed by atoms with Crippen molar-refractivity contribution in [1.82, 2.24) is 10.3 Å². The van der Waals surface area contributed by atoms with Gasteiger partial charge in [0.25, 0.3) is 0 Å². The van der Waals surface area contributed by atoms with Gasteiger partial charge < -0.3 is 15.5 Å². The molecule has 1 aliphatic rings. The summed E-state index contributed by atoms with van der Waals surface area (Å²) in [6.07, 6.45) is -2.38. The van der Waals surface area contributed by atoms with Crippen LogP contribution < -0.4 is 15.5 Å². The van der Waals surface area contributed by atoms with Crippen LogP contribution in [0.3, 0.4) is 0 Å². The number of alkyl halides is 3. The number of benzene rings is 1. The molecule has 1 aromatic heterocycles. The van der Waals surface area contributed by atoms with E-state index < -0.39 is 23.6 Å². The van der Waals surface area contributed by atoms with E-state index >= 15 is 0 Å². The molecule has 0 radical (unpaired) electrons. The van der Waals surface area contributed by atoms with Crippen molar-refractivity contribution in [3.63, 3.8) is 0 Å². The molecule has 1 aromatic carbocycles. The van der Waals surface area contributed by atoms with Crippen molar-refractivity contribution in [3.05, 3.63) is 54.0 Å². The molecule has 0 aliphatic carbocycles. The SMILES string of the molecule is O=C(Nc1ccccc1F)NC1CCN(c2ccc(C(F)(F)F)cn2)CC1. The molecule has 9 heteroatoms. The van der Waals surface area contributed by atoms with E-state index in [1.165, 1.54) is 24.3 Å². The van der Waals surface area contributed by atoms with E-state index in [2.05, 4.69) is 15.6 Å². The first-order valence-electron chi connectivity index (χ1n) is 8.43. The van der Waals surface area contributed by atoms with Gasteiger partial charge in [-0.1, -0.05) is 12.1 Å². The third-order valence-electron chi connectivity index (χ3n) is 4.35. The Morgan fingerprint density at radius 3 is 2.41 bits per heavy atom. The second kappa shape index (κ2) is 7.81. The lowest BCUT2D eigenvalue weighted by atomic mass is 10.1. The van der Waals surface area contributed by atoms with Gasteiger partial charge in [0.2, 0.25) is 0 Å². The number of hydrogen-bond donors (Lipinski definition) is 2. The first-order chi connectivity index (χ1) is 12.8. The van der Waals surface area contributed by atoms with E-state index in [-0.39, 0.29) is 11.7 Å². The zero-order valence-corrected chi connectivity index (χ0v) is 14.3. The molecular formula is C18H18F4N4O. The van der Waals surface area contributed by atoms with Gasteiger partial charge in [0.1, 0.15) is 11.6 Å². The molecule has 0 atom stereocenters. The molecule has 0 spiro atoms. The number of anilines is 2.